The lowest BCUT2D eigenvalue weighted by Gasteiger charge is -2.03. The first kappa shape index (κ1) is 17.9. The molecule has 112 valence electrons. The van der Waals surface area contributed by atoms with Gasteiger partial charge in [0.2, 0.25) is 0 Å². The van der Waals surface area contributed by atoms with Crippen LogP contribution in [0, 0.1) is 0 Å². The lowest BCUT2D eigenvalue weighted by atomic mass is 10.3. The Hall–Kier alpha value is -1.20. The minimum atomic E-state index is 0. The van der Waals surface area contributed by atoms with Crippen LogP contribution in [-0.2, 0) is 6.54 Å². The number of nitrogens with zero attached hydrogens (tertiary/aromatic N) is 4. The standard InChI is InChI=1S/C13H10Cl2N4.2ClH/c14-12-2-1-11(5-13(12)15)19-7-10(17-9-19)6-18-4-3-16-8-18;;/h1-5,7-9H,6H2;2*1H. The summed E-state index contributed by atoms with van der Waals surface area (Å²) >= 11 is 11.9. The fraction of sp³-hybridized carbons (Fsp3) is 0.0769. The fourth-order valence-electron chi connectivity index (χ4n) is 1.80. The molecule has 0 N–H and O–H groups in total. The Morgan fingerprint density at radius 3 is 2.52 bits per heavy atom. The molecule has 0 aliphatic rings. The number of halogens is 4. The third kappa shape index (κ3) is 4.14. The Morgan fingerprint density at radius 1 is 1.05 bits per heavy atom. The van der Waals surface area contributed by atoms with E-state index in [1.165, 1.54) is 0 Å². The Labute approximate surface area is 144 Å². The molecule has 0 atom stereocenters. The maximum Gasteiger partial charge on any atom is 0.0996 e. The Balaban J connectivity index is 0.00000110. The van der Waals surface area contributed by atoms with Crippen LogP contribution in [0.5, 0.6) is 0 Å². The average molecular weight is 366 g/mol. The van der Waals surface area contributed by atoms with E-state index in [1.807, 2.05) is 33.7 Å². The molecule has 0 aliphatic carbocycles. The highest BCUT2D eigenvalue weighted by Gasteiger charge is 2.04. The van der Waals surface area contributed by atoms with Crippen molar-refractivity contribution in [2.75, 3.05) is 0 Å². The van der Waals surface area contributed by atoms with Crippen molar-refractivity contribution >= 4 is 48.0 Å². The first-order valence-electron chi connectivity index (χ1n) is 5.66. The smallest absolute Gasteiger partial charge is 0.0996 e. The zero-order valence-electron chi connectivity index (χ0n) is 10.7. The van der Waals surface area contributed by atoms with Crippen molar-refractivity contribution in [3.63, 3.8) is 0 Å². The number of imidazole rings is 2. The Bertz CT molecular complexity index is 694. The van der Waals surface area contributed by atoms with Gasteiger partial charge in [-0.05, 0) is 18.2 Å². The molecule has 0 bridgehead atoms. The molecule has 0 fully saturated rings. The van der Waals surface area contributed by atoms with Crippen molar-refractivity contribution in [1.29, 1.82) is 0 Å². The molecule has 1 aromatic carbocycles. The van der Waals surface area contributed by atoms with Crippen LogP contribution in [-0.4, -0.2) is 19.1 Å². The summed E-state index contributed by atoms with van der Waals surface area (Å²) in [5.74, 6) is 0. The third-order valence-electron chi connectivity index (χ3n) is 2.74. The zero-order valence-corrected chi connectivity index (χ0v) is 13.8. The summed E-state index contributed by atoms with van der Waals surface area (Å²) in [5.41, 5.74) is 1.88. The van der Waals surface area contributed by atoms with E-state index < -0.39 is 0 Å². The largest absolute Gasteiger partial charge is 0.331 e. The van der Waals surface area contributed by atoms with Gasteiger partial charge >= 0.3 is 0 Å². The van der Waals surface area contributed by atoms with Gasteiger partial charge in [-0.2, -0.15) is 0 Å². The van der Waals surface area contributed by atoms with Crippen molar-refractivity contribution < 1.29 is 0 Å². The molecule has 3 aromatic rings. The van der Waals surface area contributed by atoms with Crippen LogP contribution in [0.15, 0.2) is 49.4 Å². The summed E-state index contributed by atoms with van der Waals surface area (Å²) in [6.45, 7) is 0.689. The van der Waals surface area contributed by atoms with E-state index in [0.717, 1.165) is 11.4 Å². The summed E-state index contributed by atoms with van der Waals surface area (Å²) in [7, 11) is 0. The maximum absolute atomic E-state index is 6.01. The van der Waals surface area contributed by atoms with E-state index in [2.05, 4.69) is 9.97 Å². The van der Waals surface area contributed by atoms with Crippen molar-refractivity contribution in [2.45, 2.75) is 6.54 Å². The molecule has 0 radical (unpaired) electrons. The van der Waals surface area contributed by atoms with Gasteiger partial charge in [0.15, 0.2) is 0 Å². The van der Waals surface area contributed by atoms with Gasteiger partial charge in [0, 0.05) is 24.3 Å². The molecule has 0 saturated carbocycles. The molecule has 0 saturated heterocycles. The SMILES string of the molecule is Cl.Cl.Clc1ccc(-n2cnc(Cn3ccnc3)c2)cc1Cl. The predicted octanol–water partition coefficient (Wildman–Crippen LogP) is 4.27. The summed E-state index contributed by atoms with van der Waals surface area (Å²) in [4.78, 5) is 8.36. The van der Waals surface area contributed by atoms with Gasteiger partial charge in [-0.1, -0.05) is 23.2 Å². The monoisotopic (exact) mass is 364 g/mol. The second-order valence-corrected chi connectivity index (χ2v) is 4.92. The topological polar surface area (TPSA) is 35.6 Å². The van der Waals surface area contributed by atoms with E-state index in [9.17, 15) is 0 Å². The normalized spacial score (nSPS) is 9.81. The summed E-state index contributed by atoms with van der Waals surface area (Å²) < 4.78 is 3.87. The third-order valence-corrected chi connectivity index (χ3v) is 3.48. The minimum absolute atomic E-state index is 0. The highest BCUT2D eigenvalue weighted by Crippen LogP contribution is 2.24. The molecule has 0 amide bonds. The van der Waals surface area contributed by atoms with Crippen LogP contribution in [0.4, 0.5) is 0 Å². The first-order valence-corrected chi connectivity index (χ1v) is 6.42. The van der Waals surface area contributed by atoms with Crippen molar-refractivity contribution in [1.82, 2.24) is 19.1 Å². The minimum Gasteiger partial charge on any atom is -0.331 e. The molecule has 0 spiro atoms. The van der Waals surface area contributed by atoms with Crippen molar-refractivity contribution in [3.05, 3.63) is 65.2 Å². The van der Waals surface area contributed by atoms with Crippen LogP contribution < -0.4 is 0 Å². The van der Waals surface area contributed by atoms with Gasteiger partial charge in [0.05, 0.1) is 34.9 Å². The van der Waals surface area contributed by atoms with E-state index >= 15 is 0 Å². The molecule has 2 heterocycles. The lowest BCUT2D eigenvalue weighted by molar-refractivity contribution is 0.778. The van der Waals surface area contributed by atoms with Crippen molar-refractivity contribution in [3.8, 4) is 5.69 Å². The van der Waals surface area contributed by atoms with Gasteiger partial charge in [0.1, 0.15) is 0 Å². The number of benzene rings is 1. The van der Waals surface area contributed by atoms with E-state index in [-0.39, 0.29) is 24.8 Å². The summed E-state index contributed by atoms with van der Waals surface area (Å²) in [6.07, 6.45) is 9.12. The van der Waals surface area contributed by atoms with Gasteiger partial charge < -0.3 is 9.13 Å². The molecular weight excluding hydrogens is 354 g/mol. The molecule has 0 unspecified atom stereocenters. The number of hydrogen-bond donors (Lipinski definition) is 0. The first-order chi connectivity index (χ1) is 9.22. The van der Waals surface area contributed by atoms with Crippen molar-refractivity contribution in [2.24, 2.45) is 0 Å². The number of aromatic nitrogens is 4. The maximum atomic E-state index is 6.01. The highest BCUT2D eigenvalue weighted by atomic mass is 35.5. The number of rotatable bonds is 3. The summed E-state index contributed by atoms with van der Waals surface area (Å²) in [5, 5.41) is 1.08. The van der Waals surface area contributed by atoms with Gasteiger partial charge in [-0.3, -0.25) is 0 Å². The predicted molar refractivity (Wildman–Crippen MR) is 89.4 cm³/mol. The van der Waals surface area contributed by atoms with Crippen LogP contribution in [0.1, 0.15) is 5.69 Å². The van der Waals surface area contributed by atoms with Crippen LogP contribution in [0.2, 0.25) is 10.0 Å². The van der Waals surface area contributed by atoms with Gasteiger partial charge in [0.25, 0.3) is 0 Å². The Morgan fingerprint density at radius 2 is 1.86 bits per heavy atom. The second-order valence-electron chi connectivity index (χ2n) is 4.11. The molecular formula is C13H12Cl4N4. The fourth-order valence-corrected chi connectivity index (χ4v) is 2.09. The van der Waals surface area contributed by atoms with Crippen LogP contribution in [0.3, 0.4) is 0 Å². The van der Waals surface area contributed by atoms with Gasteiger partial charge in [-0.15, -0.1) is 24.8 Å². The molecule has 3 rings (SSSR count). The average Bonchev–Trinajstić information content (AvgIpc) is 3.05. The van der Waals surface area contributed by atoms with E-state index in [4.69, 9.17) is 23.2 Å². The zero-order chi connectivity index (χ0) is 13.2. The highest BCUT2D eigenvalue weighted by molar-refractivity contribution is 6.42. The Kier molecular flexibility index (Phi) is 6.55. The molecule has 0 aliphatic heterocycles. The van der Waals surface area contributed by atoms with Crippen LogP contribution in [0.25, 0.3) is 5.69 Å². The molecule has 8 heteroatoms. The van der Waals surface area contributed by atoms with Gasteiger partial charge in [-0.25, -0.2) is 9.97 Å². The molecule has 21 heavy (non-hydrogen) atoms. The molecule has 4 nitrogen and oxygen atoms in total. The number of hydrogen-bond acceptors (Lipinski definition) is 2. The molecule has 2 aromatic heterocycles. The van der Waals surface area contributed by atoms with E-state index in [0.29, 0.717) is 16.6 Å². The quantitative estimate of drug-likeness (QED) is 0.694. The van der Waals surface area contributed by atoms with E-state index in [1.54, 1.807) is 24.9 Å². The lowest BCUT2D eigenvalue weighted by Crippen LogP contribution is -1.96. The van der Waals surface area contributed by atoms with Crippen LogP contribution >= 0.6 is 48.0 Å². The second kappa shape index (κ2) is 7.71. The summed E-state index contributed by atoms with van der Waals surface area (Å²) in [6, 6.07) is 5.48.